The van der Waals surface area contributed by atoms with Crippen LogP contribution in [-0.2, 0) is 5.41 Å². The largest absolute Gasteiger partial charge is 0.459 e. The van der Waals surface area contributed by atoms with Crippen LogP contribution in [0.3, 0.4) is 0 Å². The van der Waals surface area contributed by atoms with Crippen molar-refractivity contribution in [3.05, 3.63) is 430 Å². The van der Waals surface area contributed by atoms with Crippen LogP contribution in [0, 0.1) is 0 Å². The number of para-hydroxylation sites is 4. The predicted molar refractivity (Wildman–Crippen MR) is 534 cm³/mol. The van der Waals surface area contributed by atoms with Crippen molar-refractivity contribution in [1.82, 2.24) is 4.57 Å². The lowest BCUT2D eigenvalue weighted by molar-refractivity contribution is 0.471. The van der Waals surface area contributed by atoms with Crippen molar-refractivity contribution in [2.24, 2.45) is 0 Å². The first-order valence-corrected chi connectivity index (χ1v) is 44.3. The van der Waals surface area contributed by atoms with Crippen LogP contribution in [0.5, 0.6) is 23.0 Å². The fraction of sp³-hybridized carbons (Fsp3) is 0.0339. The van der Waals surface area contributed by atoms with Crippen LogP contribution >= 0.6 is 0 Å². The number of benzene rings is 19. The molecular formula is C118H79B3N4O2. The Morgan fingerprint density at radius 3 is 1.14 bits per heavy atom. The Hall–Kier alpha value is -15.8. The van der Waals surface area contributed by atoms with Crippen molar-refractivity contribution in [1.29, 1.82) is 0 Å². The second-order valence-electron chi connectivity index (χ2n) is 35.6. The number of fused-ring (bicyclic) bond motifs is 18. The van der Waals surface area contributed by atoms with Gasteiger partial charge < -0.3 is 28.7 Å². The Bertz CT molecular complexity index is 7770. The number of hydrogen-bond acceptors (Lipinski definition) is 5. The van der Waals surface area contributed by atoms with E-state index in [2.05, 4.69) is 465 Å². The Morgan fingerprint density at radius 1 is 0.236 bits per heavy atom. The molecule has 0 saturated carbocycles. The Balaban J connectivity index is 0.867. The molecule has 0 N–H and O–H groups in total. The van der Waals surface area contributed by atoms with Gasteiger partial charge in [0.05, 0.1) is 22.4 Å². The van der Waals surface area contributed by atoms with Gasteiger partial charge in [-0.2, -0.15) is 0 Å². The third-order valence-corrected chi connectivity index (χ3v) is 27.6. The summed E-state index contributed by atoms with van der Waals surface area (Å²) in [6, 6.07) is 159. The fourth-order valence-electron chi connectivity index (χ4n) is 22.0. The van der Waals surface area contributed by atoms with E-state index in [1.807, 2.05) is 0 Å². The van der Waals surface area contributed by atoms with Crippen molar-refractivity contribution in [3.63, 3.8) is 0 Å². The Morgan fingerprint density at radius 2 is 0.630 bits per heavy atom. The molecule has 0 fully saturated rings. The summed E-state index contributed by atoms with van der Waals surface area (Å²) < 4.78 is 18.8. The Labute approximate surface area is 740 Å². The van der Waals surface area contributed by atoms with Crippen LogP contribution in [0.25, 0.3) is 117 Å². The quantitative estimate of drug-likeness (QED) is 0.121. The van der Waals surface area contributed by atoms with Gasteiger partial charge in [-0.25, -0.2) is 0 Å². The number of aromatic nitrogens is 1. The molecule has 7 heterocycles. The van der Waals surface area contributed by atoms with Gasteiger partial charge in [0.1, 0.15) is 23.0 Å². The van der Waals surface area contributed by atoms with Gasteiger partial charge in [0.25, 0.3) is 20.1 Å². The molecule has 0 saturated heterocycles. The second kappa shape index (κ2) is 28.4. The zero-order valence-electron chi connectivity index (χ0n) is 70.3. The first-order valence-electron chi connectivity index (χ1n) is 44.3. The third kappa shape index (κ3) is 11.1. The van der Waals surface area contributed by atoms with E-state index < -0.39 is 18.8 Å². The highest BCUT2D eigenvalue weighted by Crippen LogP contribution is 2.58. The highest BCUT2D eigenvalue weighted by molar-refractivity contribution is 7.06. The molecule has 26 rings (SSSR count). The number of anilines is 9. The number of rotatable bonds is 11. The zero-order chi connectivity index (χ0) is 83.9. The molecule has 0 unspecified atom stereocenters. The summed E-state index contributed by atoms with van der Waals surface area (Å²) in [7, 11) is 0. The minimum Gasteiger partial charge on any atom is -0.459 e. The van der Waals surface area contributed by atoms with Crippen LogP contribution < -0.4 is 73.3 Å². The minimum atomic E-state index is -0.458. The Kier molecular flexibility index (Phi) is 16.3. The van der Waals surface area contributed by atoms with E-state index in [-0.39, 0.29) is 6.71 Å². The van der Waals surface area contributed by atoms with Gasteiger partial charge in [-0.3, -0.25) is 0 Å². The molecule has 592 valence electrons. The van der Waals surface area contributed by atoms with Crippen LogP contribution in [0.1, 0.15) is 26.3 Å². The highest BCUT2D eigenvalue weighted by Gasteiger charge is 2.55. The molecule has 0 aliphatic carbocycles. The lowest BCUT2D eigenvalue weighted by Crippen LogP contribution is -2.68. The van der Waals surface area contributed by atoms with Crippen LogP contribution in [0.4, 0.5) is 51.2 Å². The van der Waals surface area contributed by atoms with Crippen molar-refractivity contribution >= 4 is 142 Å². The second-order valence-corrected chi connectivity index (χ2v) is 35.6. The molecule has 19 aromatic carbocycles. The van der Waals surface area contributed by atoms with Gasteiger partial charge in [0.15, 0.2) is 0 Å². The molecule has 0 atom stereocenters. The lowest BCUT2D eigenvalue weighted by atomic mass is 9.28. The highest BCUT2D eigenvalue weighted by atomic mass is 16.5. The van der Waals surface area contributed by atoms with Crippen molar-refractivity contribution < 1.29 is 9.47 Å². The van der Waals surface area contributed by atoms with E-state index in [1.165, 1.54) is 32.9 Å². The fourth-order valence-corrected chi connectivity index (χ4v) is 22.0. The number of ether oxygens (including phenoxy) is 2. The molecule has 1 aromatic heterocycles. The summed E-state index contributed by atoms with van der Waals surface area (Å²) in [4.78, 5) is 8.19. The van der Waals surface area contributed by atoms with Gasteiger partial charge in [0.2, 0.25) is 0 Å². The average Bonchev–Trinajstić information content (AvgIpc) is 1.65. The zero-order valence-corrected chi connectivity index (χ0v) is 70.3. The summed E-state index contributed by atoms with van der Waals surface area (Å²) in [6.07, 6.45) is 0. The van der Waals surface area contributed by atoms with E-state index in [9.17, 15) is 0 Å². The molecular weight excluding hydrogens is 1540 g/mol. The monoisotopic (exact) mass is 1620 g/mol. The normalized spacial score (nSPS) is 13.2. The molecule has 9 heteroatoms. The molecule has 6 aliphatic rings. The molecule has 6 aliphatic heterocycles. The first-order chi connectivity index (χ1) is 62.7. The van der Waals surface area contributed by atoms with Crippen LogP contribution in [0.15, 0.2) is 425 Å². The van der Waals surface area contributed by atoms with E-state index >= 15 is 0 Å². The molecule has 6 nitrogen and oxygen atoms in total. The first kappa shape index (κ1) is 72.8. The van der Waals surface area contributed by atoms with Crippen molar-refractivity contribution in [2.75, 3.05) is 14.7 Å². The maximum atomic E-state index is 8.22. The summed E-state index contributed by atoms with van der Waals surface area (Å²) in [5.41, 5.74) is 42.0. The summed E-state index contributed by atoms with van der Waals surface area (Å²) in [5.74, 6) is 3.29. The SMILES string of the molecule is CC(C)(C)c1cc2c3c(c1)N(c1c(-c4ccccc4)cccc1-c1ccccc1)c1cc4c5c(c1B3c1ccc(-c3ccccc3)cc1N2c1c(-c2ccccc2)cccc1-c1ccccc1)N(c1cccc(-c2ccccc2)c1)c1ccccc1B5c1c2c3c(c5c6ccccc6n-4c15)Oc1ccc(-c4ccccc4)cc1B3c1cc(-c3ccccc3)ccc1O2. The molecule has 20 aromatic rings. The smallest absolute Gasteiger partial charge is 0.260 e. The van der Waals surface area contributed by atoms with Crippen LogP contribution in [0.2, 0.25) is 0 Å². The summed E-state index contributed by atoms with van der Waals surface area (Å²) in [6.45, 7) is 5.96. The molecule has 0 bridgehead atoms. The standard InChI is InChI=1S/C118H79B3N4O2/c1-118(2,3)86-71-100-107-101(72-86)125(113-90(80-47-24-10-25-48-80)56-34-57-91(113)81-49-26-11-27-50-81)103-73-102-109-115(108(103)120(107)94-64-61-85(77-41-18-7-19-42-77)70-99(94)124(100)112-88(78-43-20-8-21-44-78)54-33-55-89(112)79-45-22-9-23-46-79)122(87-52-32-51-82(67-87)74-35-12-4-13-36-74)98-60-31-29-58-93(98)121(109)110-114-106(92-53-28-30-59-97(92)123(102)114)116-111-117(110)127-105-66-63-84(76-39-16-6-17-40-76)69-96(105)119(111)95-68-83(62-65-104(95)126-116)75-37-14-5-15-38-75/h4-73H,1-3H3. The maximum Gasteiger partial charge on any atom is 0.260 e. The van der Waals surface area contributed by atoms with Crippen molar-refractivity contribution in [3.8, 4) is 118 Å². The van der Waals surface area contributed by atoms with Crippen LogP contribution in [-0.4, -0.2) is 24.7 Å². The molecule has 0 radical (unpaired) electrons. The topological polar surface area (TPSA) is 33.1 Å². The van der Waals surface area contributed by atoms with E-state index in [0.29, 0.717) is 0 Å². The lowest BCUT2D eigenvalue weighted by Gasteiger charge is -2.50. The van der Waals surface area contributed by atoms with Gasteiger partial charge in [-0.05, 0) is 182 Å². The average molecular weight is 1620 g/mol. The van der Waals surface area contributed by atoms with Gasteiger partial charge in [-0.1, -0.05) is 385 Å². The van der Waals surface area contributed by atoms with Gasteiger partial charge in [-0.15, -0.1) is 0 Å². The molecule has 0 amide bonds. The minimum absolute atomic E-state index is 0.324. The maximum absolute atomic E-state index is 8.22. The summed E-state index contributed by atoms with van der Waals surface area (Å²) in [5, 5.41) is 2.15. The van der Waals surface area contributed by atoms with Gasteiger partial charge >= 0.3 is 0 Å². The van der Waals surface area contributed by atoms with Crippen molar-refractivity contribution in [2.45, 2.75) is 26.2 Å². The summed E-state index contributed by atoms with van der Waals surface area (Å²) >= 11 is 0. The van der Waals surface area contributed by atoms with E-state index in [0.717, 1.165) is 213 Å². The number of hydrogen-bond donors (Lipinski definition) is 0. The van der Waals surface area contributed by atoms with E-state index in [1.54, 1.807) is 0 Å². The molecule has 127 heavy (non-hydrogen) atoms. The van der Waals surface area contributed by atoms with E-state index in [4.69, 9.17) is 9.47 Å². The third-order valence-electron chi connectivity index (χ3n) is 27.6. The molecule has 0 spiro atoms. The van der Waals surface area contributed by atoms with Gasteiger partial charge in [0, 0.05) is 84.0 Å². The predicted octanol–water partition coefficient (Wildman–Crippen LogP) is 24.8. The number of nitrogens with zero attached hydrogens (tertiary/aromatic N) is 4.